The molecule has 3 N–H and O–H groups in total. The van der Waals surface area contributed by atoms with E-state index in [1.54, 1.807) is 7.05 Å². The Kier molecular flexibility index (Phi) is 4.39. The smallest absolute Gasteiger partial charge is 0.243 e. The molecule has 2 fully saturated rings. The fourth-order valence-corrected chi connectivity index (χ4v) is 4.09. The Bertz CT molecular complexity index is 597. The number of hydrogen-bond donors (Lipinski definition) is 2. The number of aryl methyl sites for hydroxylation is 1. The number of fused-ring (bicyclic) bond motifs is 2. The predicted octanol–water partition coefficient (Wildman–Crippen LogP) is 1.77. The molecule has 1 aromatic carbocycles. The minimum Gasteiger partial charge on any atom is -0.336 e. The molecule has 0 saturated heterocycles. The zero-order chi connectivity index (χ0) is 16.6. The Morgan fingerprint density at radius 3 is 2.48 bits per heavy atom. The summed E-state index contributed by atoms with van der Waals surface area (Å²) in [4.78, 5) is 26.3. The van der Waals surface area contributed by atoms with Gasteiger partial charge in [0.1, 0.15) is 0 Å². The number of anilines is 1. The molecule has 124 valence electrons. The Morgan fingerprint density at radius 2 is 1.87 bits per heavy atom. The van der Waals surface area contributed by atoms with Crippen molar-refractivity contribution >= 4 is 17.5 Å². The van der Waals surface area contributed by atoms with Crippen LogP contribution >= 0.6 is 0 Å². The summed E-state index contributed by atoms with van der Waals surface area (Å²) in [7, 11) is 1.69. The molecular weight excluding hydrogens is 290 g/mol. The quantitative estimate of drug-likeness (QED) is 0.889. The maximum Gasteiger partial charge on any atom is 0.243 e. The van der Waals surface area contributed by atoms with E-state index in [0.717, 1.165) is 30.5 Å². The van der Waals surface area contributed by atoms with E-state index in [2.05, 4.69) is 5.32 Å². The second-order valence-corrected chi connectivity index (χ2v) is 7.04. The summed E-state index contributed by atoms with van der Waals surface area (Å²) < 4.78 is 0. The van der Waals surface area contributed by atoms with Gasteiger partial charge in [0, 0.05) is 18.8 Å². The Labute approximate surface area is 137 Å². The van der Waals surface area contributed by atoms with Gasteiger partial charge in [-0.25, -0.2) is 0 Å². The van der Waals surface area contributed by atoms with Crippen LogP contribution in [0.1, 0.15) is 24.8 Å². The number of nitrogens with zero attached hydrogens (tertiary/aromatic N) is 1. The van der Waals surface area contributed by atoms with Crippen molar-refractivity contribution in [2.75, 3.05) is 18.9 Å². The molecule has 4 unspecified atom stereocenters. The van der Waals surface area contributed by atoms with E-state index in [0.29, 0.717) is 11.8 Å². The zero-order valence-electron chi connectivity index (χ0n) is 13.8. The lowest BCUT2D eigenvalue weighted by Gasteiger charge is -2.30. The average Bonchev–Trinajstić information content (AvgIpc) is 3.10. The minimum atomic E-state index is -0.179. The fourth-order valence-electron chi connectivity index (χ4n) is 4.09. The van der Waals surface area contributed by atoms with Gasteiger partial charge in [-0.15, -0.1) is 0 Å². The SMILES string of the molecule is Cc1ccc(NC(=O)CN(C)C(=O)C2C3CCC(C3)C2N)cc1. The Balaban J connectivity index is 1.56. The molecule has 4 atom stereocenters. The van der Waals surface area contributed by atoms with Crippen LogP contribution in [0.3, 0.4) is 0 Å². The summed E-state index contributed by atoms with van der Waals surface area (Å²) in [5.74, 6) is 0.630. The van der Waals surface area contributed by atoms with Crippen molar-refractivity contribution in [3.8, 4) is 0 Å². The third kappa shape index (κ3) is 3.24. The number of amides is 2. The molecule has 2 aliphatic carbocycles. The summed E-state index contributed by atoms with van der Waals surface area (Å²) in [5.41, 5.74) is 8.11. The number of nitrogens with two attached hydrogens (primary N) is 1. The average molecular weight is 315 g/mol. The second kappa shape index (κ2) is 6.32. The van der Waals surface area contributed by atoms with E-state index in [-0.39, 0.29) is 30.3 Å². The Morgan fingerprint density at radius 1 is 1.22 bits per heavy atom. The van der Waals surface area contributed by atoms with Crippen LogP contribution < -0.4 is 11.1 Å². The van der Waals surface area contributed by atoms with Crippen molar-refractivity contribution in [3.63, 3.8) is 0 Å². The summed E-state index contributed by atoms with van der Waals surface area (Å²) >= 11 is 0. The third-order valence-electron chi connectivity index (χ3n) is 5.36. The lowest BCUT2D eigenvalue weighted by atomic mass is 9.84. The van der Waals surface area contributed by atoms with Crippen LogP contribution in [0, 0.1) is 24.7 Å². The molecule has 0 heterocycles. The molecule has 0 aliphatic heterocycles. The lowest BCUT2D eigenvalue weighted by molar-refractivity contribution is -0.138. The first-order valence-electron chi connectivity index (χ1n) is 8.33. The summed E-state index contributed by atoms with van der Waals surface area (Å²) in [6.45, 7) is 2.06. The van der Waals surface area contributed by atoms with Crippen molar-refractivity contribution in [1.82, 2.24) is 4.90 Å². The highest BCUT2D eigenvalue weighted by molar-refractivity contribution is 5.95. The molecule has 0 spiro atoms. The maximum atomic E-state index is 12.6. The van der Waals surface area contributed by atoms with Gasteiger partial charge in [0.25, 0.3) is 0 Å². The van der Waals surface area contributed by atoms with Gasteiger partial charge < -0.3 is 16.0 Å². The molecule has 5 nitrogen and oxygen atoms in total. The van der Waals surface area contributed by atoms with Crippen LogP contribution in [0.4, 0.5) is 5.69 Å². The fraction of sp³-hybridized carbons (Fsp3) is 0.556. The van der Waals surface area contributed by atoms with Gasteiger partial charge in [-0.05, 0) is 50.2 Å². The predicted molar refractivity (Wildman–Crippen MR) is 89.7 cm³/mol. The Hall–Kier alpha value is -1.88. The maximum absolute atomic E-state index is 12.6. The number of hydrogen-bond acceptors (Lipinski definition) is 3. The van der Waals surface area contributed by atoms with Crippen molar-refractivity contribution in [1.29, 1.82) is 0 Å². The zero-order valence-corrected chi connectivity index (χ0v) is 13.8. The topological polar surface area (TPSA) is 75.4 Å². The molecule has 1 aromatic rings. The molecule has 0 aromatic heterocycles. The van der Waals surface area contributed by atoms with Crippen LogP contribution in [0.15, 0.2) is 24.3 Å². The highest BCUT2D eigenvalue weighted by Crippen LogP contribution is 2.48. The first-order chi connectivity index (χ1) is 11.0. The lowest BCUT2D eigenvalue weighted by Crippen LogP contribution is -2.47. The number of carbonyl (C=O) groups is 2. The highest BCUT2D eigenvalue weighted by atomic mass is 16.2. The van der Waals surface area contributed by atoms with E-state index in [1.165, 1.54) is 4.90 Å². The normalized spacial score (nSPS) is 28.7. The van der Waals surface area contributed by atoms with Crippen molar-refractivity contribution in [3.05, 3.63) is 29.8 Å². The first kappa shape index (κ1) is 16.0. The van der Waals surface area contributed by atoms with Gasteiger partial charge >= 0.3 is 0 Å². The molecule has 2 aliphatic rings. The van der Waals surface area contributed by atoms with E-state index in [1.807, 2.05) is 31.2 Å². The van der Waals surface area contributed by atoms with E-state index in [9.17, 15) is 9.59 Å². The molecule has 5 heteroatoms. The van der Waals surface area contributed by atoms with Crippen LogP contribution in [-0.4, -0.2) is 36.3 Å². The van der Waals surface area contributed by atoms with E-state index in [4.69, 9.17) is 5.73 Å². The minimum absolute atomic E-state index is 0.0174. The number of nitrogens with one attached hydrogen (secondary N) is 1. The van der Waals surface area contributed by atoms with Crippen LogP contribution in [0.25, 0.3) is 0 Å². The molecule has 2 saturated carbocycles. The highest BCUT2D eigenvalue weighted by Gasteiger charge is 2.49. The molecular formula is C18H25N3O2. The van der Waals surface area contributed by atoms with Crippen LogP contribution in [-0.2, 0) is 9.59 Å². The molecule has 2 bridgehead atoms. The van der Waals surface area contributed by atoms with Crippen molar-refractivity contribution in [2.45, 2.75) is 32.2 Å². The van der Waals surface area contributed by atoms with Crippen molar-refractivity contribution in [2.24, 2.45) is 23.5 Å². The van der Waals surface area contributed by atoms with E-state index < -0.39 is 0 Å². The number of likely N-dealkylation sites (N-methyl/N-ethyl adjacent to an activating group) is 1. The third-order valence-corrected chi connectivity index (χ3v) is 5.36. The summed E-state index contributed by atoms with van der Waals surface area (Å²) in [6, 6.07) is 7.57. The molecule has 2 amide bonds. The second-order valence-electron chi connectivity index (χ2n) is 7.04. The van der Waals surface area contributed by atoms with Crippen LogP contribution in [0.5, 0.6) is 0 Å². The van der Waals surface area contributed by atoms with Gasteiger partial charge in [0.2, 0.25) is 11.8 Å². The summed E-state index contributed by atoms with van der Waals surface area (Å²) in [5, 5.41) is 2.83. The van der Waals surface area contributed by atoms with Gasteiger partial charge in [0.15, 0.2) is 0 Å². The molecule has 3 rings (SSSR count). The van der Waals surface area contributed by atoms with Gasteiger partial charge in [0.05, 0.1) is 12.5 Å². The van der Waals surface area contributed by atoms with Gasteiger partial charge in [-0.2, -0.15) is 0 Å². The van der Waals surface area contributed by atoms with Crippen molar-refractivity contribution < 1.29 is 9.59 Å². The number of benzene rings is 1. The summed E-state index contributed by atoms with van der Waals surface area (Å²) in [6.07, 6.45) is 3.31. The number of carbonyl (C=O) groups excluding carboxylic acids is 2. The monoisotopic (exact) mass is 315 g/mol. The first-order valence-corrected chi connectivity index (χ1v) is 8.33. The molecule has 23 heavy (non-hydrogen) atoms. The van der Waals surface area contributed by atoms with Gasteiger partial charge in [-0.3, -0.25) is 9.59 Å². The standard InChI is InChI=1S/C18H25N3O2/c1-11-3-7-14(8-4-11)20-15(22)10-21(2)18(23)16-12-5-6-13(9-12)17(16)19/h3-4,7-8,12-13,16-17H,5-6,9-10,19H2,1-2H3,(H,20,22). The van der Waals surface area contributed by atoms with Crippen LogP contribution in [0.2, 0.25) is 0 Å². The largest absolute Gasteiger partial charge is 0.336 e. The van der Waals surface area contributed by atoms with E-state index >= 15 is 0 Å². The molecule has 0 radical (unpaired) electrons. The van der Waals surface area contributed by atoms with Gasteiger partial charge in [-0.1, -0.05) is 17.7 Å². The number of rotatable bonds is 4.